The van der Waals surface area contributed by atoms with Gasteiger partial charge in [0, 0.05) is 5.69 Å². The molecule has 2 heteroatoms. The summed E-state index contributed by atoms with van der Waals surface area (Å²) in [6.45, 7) is 3.54. The van der Waals surface area contributed by atoms with E-state index in [-0.39, 0.29) is 6.04 Å². The van der Waals surface area contributed by atoms with Crippen LogP contribution in [-0.2, 0) is 0 Å². The Bertz CT molecular complexity index is 284. The van der Waals surface area contributed by atoms with Crippen molar-refractivity contribution in [2.75, 3.05) is 5.32 Å². The van der Waals surface area contributed by atoms with Crippen LogP contribution < -0.4 is 5.32 Å². The van der Waals surface area contributed by atoms with Gasteiger partial charge >= 0.3 is 0 Å². The van der Waals surface area contributed by atoms with E-state index in [1.54, 1.807) is 6.08 Å². The van der Waals surface area contributed by atoms with E-state index in [0.29, 0.717) is 0 Å². The maximum Gasteiger partial charge on any atom is 0.132 e. The first-order chi connectivity index (χ1) is 5.86. The summed E-state index contributed by atoms with van der Waals surface area (Å²) in [7, 11) is 0. The molecule has 0 aliphatic heterocycles. The zero-order chi connectivity index (χ0) is 8.81. The van der Waals surface area contributed by atoms with Crippen LogP contribution in [0.25, 0.3) is 0 Å². The van der Waals surface area contributed by atoms with Crippen molar-refractivity contribution in [3.05, 3.63) is 43.0 Å². The molecule has 60 valence electrons. The van der Waals surface area contributed by atoms with Gasteiger partial charge in [-0.15, -0.1) is 0 Å². The van der Waals surface area contributed by atoms with Crippen LogP contribution in [0.1, 0.15) is 0 Å². The largest absolute Gasteiger partial charge is 0.367 e. The van der Waals surface area contributed by atoms with Gasteiger partial charge in [0.25, 0.3) is 0 Å². The van der Waals surface area contributed by atoms with Crippen molar-refractivity contribution < 1.29 is 0 Å². The predicted octanol–water partition coefficient (Wildman–Crippen LogP) is 2.18. The molecule has 2 nitrogen and oxygen atoms in total. The zero-order valence-electron chi connectivity index (χ0n) is 6.70. The number of hydrogen-bond donors (Lipinski definition) is 1. The third-order valence-corrected chi connectivity index (χ3v) is 1.47. The molecule has 0 spiro atoms. The molecule has 1 unspecified atom stereocenters. The molecule has 1 aromatic rings. The molecule has 1 aromatic carbocycles. The molecule has 1 atom stereocenters. The van der Waals surface area contributed by atoms with Gasteiger partial charge in [-0.3, -0.25) is 0 Å². The number of para-hydroxylation sites is 1. The average Bonchev–Trinajstić information content (AvgIpc) is 2.16. The lowest BCUT2D eigenvalue weighted by Crippen LogP contribution is -2.13. The van der Waals surface area contributed by atoms with Gasteiger partial charge in [-0.2, -0.15) is 5.26 Å². The van der Waals surface area contributed by atoms with E-state index in [9.17, 15) is 0 Å². The van der Waals surface area contributed by atoms with Gasteiger partial charge < -0.3 is 5.32 Å². The van der Waals surface area contributed by atoms with E-state index in [1.165, 1.54) is 0 Å². The molecule has 0 radical (unpaired) electrons. The lowest BCUT2D eigenvalue weighted by Gasteiger charge is -2.07. The molecule has 1 N–H and O–H groups in total. The summed E-state index contributed by atoms with van der Waals surface area (Å²) in [6.07, 6.45) is 1.58. The molecule has 0 saturated heterocycles. The number of nitrogens with one attached hydrogen (secondary N) is 1. The smallest absolute Gasteiger partial charge is 0.132 e. The van der Waals surface area contributed by atoms with Crippen LogP contribution in [0.5, 0.6) is 0 Å². The van der Waals surface area contributed by atoms with E-state index < -0.39 is 0 Å². The highest BCUT2D eigenvalue weighted by atomic mass is 14.9. The molecule has 1 rings (SSSR count). The first kappa shape index (κ1) is 8.35. The number of rotatable bonds is 3. The summed E-state index contributed by atoms with van der Waals surface area (Å²) >= 11 is 0. The maximum absolute atomic E-state index is 8.60. The second-order valence-corrected chi connectivity index (χ2v) is 2.35. The van der Waals surface area contributed by atoms with E-state index >= 15 is 0 Å². The molecule has 0 aliphatic rings. The van der Waals surface area contributed by atoms with Crippen molar-refractivity contribution in [2.24, 2.45) is 0 Å². The highest BCUT2D eigenvalue weighted by Crippen LogP contribution is 2.06. The normalized spacial score (nSPS) is 11.2. The quantitative estimate of drug-likeness (QED) is 0.684. The van der Waals surface area contributed by atoms with E-state index in [0.717, 1.165) is 5.69 Å². The Morgan fingerprint density at radius 1 is 1.42 bits per heavy atom. The summed E-state index contributed by atoms with van der Waals surface area (Å²) in [5.41, 5.74) is 0.934. The molecule has 0 bridgehead atoms. The Morgan fingerprint density at radius 3 is 2.58 bits per heavy atom. The van der Waals surface area contributed by atoms with Gasteiger partial charge in [0.15, 0.2) is 0 Å². The fraction of sp³-hybridized carbons (Fsp3) is 0.100. The van der Waals surface area contributed by atoms with Crippen LogP contribution in [0.2, 0.25) is 0 Å². The Labute approximate surface area is 72.1 Å². The van der Waals surface area contributed by atoms with Gasteiger partial charge in [-0.1, -0.05) is 30.9 Å². The Balaban J connectivity index is 2.64. The van der Waals surface area contributed by atoms with Gasteiger partial charge in [0.05, 0.1) is 6.07 Å². The molecule has 0 heterocycles. The van der Waals surface area contributed by atoms with E-state index in [2.05, 4.69) is 18.0 Å². The minimum atomic E-state index is -0.313. The van der Waals surface area contributed by atoms with Gasteiger partial charge in [-0.05, 0) is 12.1 Å². The van der Waals surface area contributed by atoms with Crippen LogP contribution in [0.4, 0.5) is 5.69 Å². The molecule has 0 fully saturated rings. The molecule has 12 heavy (non-hydrogen) atoms. The molecule has 0 aliphatic carbocycles. The first-order valence-electron chi connectivity index (χ1n) is 3.70. The van der Waals surface area contributed by atoms with Crippen molar-refractivity contribution in [2.45, 2.75) is 6.04 Å². The fourth-order valence-electron chi connectivity index (χ4n) is 0.858. The molecular formula is C10H10N2. The van der Waals surface area contributed by atoms with Crippen LogP contribution in [0.3, 0.4) is 0 Å². The second-order valence-electron chi connectivity index (χ2n) is 2.35. The minimum Gasteiger partial charge on any atom is -0.367 e. The monoisotopic (exact) mass is 158 g/mol. The molecule has 0 aromatic heterocycles. The summed E-state index contributed by atoms with van der Waals surface area (Å²) in [5.74, 6) is 0. The summed E-state index contributed by atoms with van der Waals surface area (Å²) in [4.78, 5) is 0. The number of nitrogens with zero attached hydrogens (tertiary/aromatic N) is 1. The SMILES string of the molecule is C=CC(C#N)Nc1ccccc1. The van der Waals surface area contributed by atoms with Crippen molar-refractivity contribution in [1.82, 2.24) is 0 Å². The maximum atomic E-state index is 8.60. The number of anilines is 1. The Hall–Kier alpha value is -1.75. The van der Waals surface area contributed by atoms with Gasteiger partial charge in [0.1, 0.15) is 6.04 Å². The number of nitriles is 1. The molecule has 0 saturated carbocycles. The van der Waals surface area contributed by atoms with Crippen molar-refractivity contribution >= 4 is 5.69 Å². The van der Waals surface area contributed by atoms with Gasteiger partial charge in [-0.25, -0.2) is 0 Å². The van der Waals surface area contributed by atoms with Crippen LogP contribution in [-0.4, -0.2) is 6.04 Å². The average molecular weight is 158 g/mol. The third-order valence-electron chi connectivity index (χ3n) is 1.47. The Morgan fingerprint density at radius 2 is 2.08 bits per heavy atom. The lowest BCUT2D eigenvalue weighted by molar-refractivity contribution is 1.12. The topological polar surface area (TPSA) is 35.8 Å². The molecular weight excluding hydrogens is 148 g/mol. The predicted molar refractivity (Wildman–Crippen MR) is 49.7 cm³/mol. The summed E-state index contributed by atoms with van der Waals surface area (Å²) in [5, 5.41) is 11.6. The van der Waals surface area contributed by atoms with Gasteiger partial charge in [0.2, 0.25) is 0 Å². The first-order valence-corrected chi connectivity index (χ1v) is 3.70. The lowest BCUT2D eigenvalue weighted by atomic mass is 10.2. The third kappa shape index (κ3) is 2.14. The highest BCUT2D eigenvalue weighted by molar-refractivity contribution is 5.45. The highest BCUT2D eigenvalue weighted by Gasteiger charge is 1.98. The molecule has 0 amide bonds. The fourth-order valence-corrected chi connectivity index (χ4v) is 0.858. The second kappa shape index (κ2) is 4.20. The summed E-state index contributed by atoms with van der Waals surface area (Å²) < 4.78 is 0. The van der Waals surface area contributed by atoms with Crippen molar-refractivity contribution in [1.29, 1.82) is 5.26 Å². The van der Waals surface area contributed by atoms with Crippen LogP contribution in [0, 0.1) is 11.3 Å². The summed E-state index contributed by atoms with van der Waals surface area (Å²) in [6, 6.07) is 11.3. The zero-order valence-corrected chi connectivity index (χ0v) is 6.70. The number of hydrogen-bond acceptors (Lipinski definition) is 2. The van der Waals surface area contributed by atoms with Crippen LogP contribution in [0.15, 0.2) is 43.0 Å². The Kier molecular flexibility index (Phi) is 2.92. The van der Waals surface area contributed by atoms with Crippen LogP contribution >= 0.6 is 0 Å². The minimum absolute atomic E-state index is 0.313. The van der Waals surface area contributed by atoms with E-state index in [4.69, 9.17) is 5.26 Å². The van der Waals surface area contributed by atoms with E-state index in [1.807, 2.05) is 30.3 Å². The number of benzene rings is 1. The van der Waals surface area contributed by atoms with Crippen molar-refractivity contribution in [3.63, 3.8) is 0 Å². The standard InChI is InChI=1S/C10H10N2/c1-2-9(8-11)12-10-6-4-3-5-7-10/h2-7,9,12H,1H2. The van der Waals surface area contributed by atoms with Crippen molar-refractivity contribution in [3.8, 4) is 6.07 Å².